The zero-order valence-electron chi connectivity index (χ0n) is 5.28. The van der Waals surface area contributed by atoms with Gasteiger partial charge in [-0.15, -0.1) is 0 Å². The highest BCUT2D eigenvalue weighted by Gasteiger charge is 2.45. The van der Waals surface area contributed by atoms with Crippen LogP contribution in [0.4, 0.5) is 13.2 Å². The van der Waals surface area contributed by atoms with Crippen LogP contribution < -0.4 is 11.1 Å². The Kier molecular flexibility index (Phi) is 1.87. The lowest BCUT2D eigenvalue weighted by atomic mass is 10.1. The van der Waals surface area contributed by atoms with E-state index < -0.39 is 18.1 Å². The highest BCUT2D eigenvalue weighted by atomic mass is 19.4. The fourth-order valence-corrected chi connectivity index (χ4v) is 1.06. The summed E-state index contributed by atoms with van der Waals surface area (Å²) in [5, 5.41) is 2.58. The van der Waals surface area contributed by atoms with Gasteiger partial charge in [-0.3, -0.25) is 0 Å². The minimum absolute atomic E-state index is 0.0370. The van der Waals surface area contributed by atoms with E-state index in [1.807, 2.05) is 0 Å². The minimum atomic E-state index is -4.14. The standard InChI is InChI=1S/C5H9F3N2/c6-5(7,8)3-1-10-2-4(3)9/h3-4,10H,1-2,9H2/t3-,4+/m0/s1. The monoisotopic (exact) mass is 154 g/mol. The Bertz CT molecular complexity index is 123. The van der Waals surface area contributed by atoms with Crippen LogP contribution in [0.15, 0.2) is 0 Å². The van der Waals surface area contributed by atoms with Crippen LogP contribution in [-0.4, -0.2) is 25.3 Å². The molecule has 1 fully saturated rings. The summed E-state index contributed by atoms with van der Waals surface area (Å²) in [6.45, 7) is 0.231. The summed E-state index contributed by atoms with van der Waals surface area (Å²) in [5.41, 5.74) is 5.18. The molecule has 1 aliphatic rings. The predicted octanol–water partition coefficient (Wildman–Crippen LogP) is 0.0954. The van der Waals surface area contributed by atoms with Crippen molar-refractivity contribution in [3.63, 3.8) is 0 Å². The molecule has 0 radical (unpaired) electrons. The highest BCUT2D eigenvalue weighted by molar-refractivity contribution is 4.88. The first-order chi connectivity index (χ1) is 4.52. The van der Waals surface area contributed by atoms with Gasteiger partial charge in [0.1, 0.15) is 0 Å². The lowest BCUT2D eigenvalue weighted by Gasteiger charge is -2.17. The van der Waals surface area contributed by atoms with Crippen LogP contribution in [-0.2, 0) is 0 Å². The molecule has 10 heavy (non-hydrogen) atoms. The van der Waals surface area contributed by atoms with Crippen LogP contribution in [0.5, 0.6) is 0 Å². The summed E-state index contributed by atoms with van der Waals surface area (Å²) in [7, 11) is 0. The minimum Gasteiger partial charge on any atom is -0.326 e. The Morgan fingerprint density at radius 3 is 2.10 bits per heavy atom. The number of nitrogens with one attached hydrogen (secondary N) is 1. The molecule has 5 heteroatoms. The maximum Gasteiger partial charge on any atom is 0.394 e. The van der Waals surface area contributed by atoms with Gasteiger partial charge in [-0.2, -0.15) is 13.2 Å². The third kappa shape index (κ3) is 1.41. The molecule has 1 rings (SSSR count). The van der Waals surface area contributed by atoms with Crippen LogP contribution in [0, 0.1) is 5.92 Å². The number of alkyl halides is 3. The predicted molar refractivity (Wildman–Crippen MR) is 30.4 cm³/mol. The van der Waals surface area contributed by atoms with Gasteiger partial charge in [0.25, 0.3) is 0 Å². The summed E-state index contributed by atoms with van der Waals surface area (Å²) in [4.78, 5) is 0. The molecule has 1 aliphatic heterocycles. The molecule has 0 aromatic heterocycles. The summed E-state index contributed by atoms with van der Waals surface area (Å²) in [5.74, 6) is -1.35. The lowest BCUT2D eigenvalue weighted by Crippen LogP contribution is -2.38. The fraction of sp³-hybridized carbons (Fsp3) is 1.00. The maximum absolute atomic E-state index is 11.9. The fourth-order valence-electron chi connectivity index (χ4n) is 1.06. The molecule has 1 heterocycles. The molecule has 0 aliphatic carbocycles. The molecule has 0 aromatic rings. The van der Waals surface area contributed by atoms with E-state index in [1.165, 1.54) is 0 Å². The molecule has 0 aromatic carbocycles. The molecule has 0 amide bonds. The lowest BCUT2D eigenvalue weighted by molar-refractivity contribution is -0.171. The molecule has 0 bridgehead atoms. The average Bonchev–Trinajstić information content (AvgIpc) is 2.11. The first kappa shape index (κ1) is 7.81. The van der Waals surface area contributed by atoms with Gasteiger partial charge in [-0.25, -0.2) is 0 Å². The van der Waals surface area contributed by atoms with E-state index >= 15 is 0 Å². The van der Waals surface area contributed by atoms with Crippen molar-refractivity contribution in [3.8, 4) is 0 Å². The second-order valence-corrected chi connectivity index (χ2v) is 2.47. The smallest absolute Gasteiger partial charge is 0.326 e. The van der Waals surface area contributed by atoms with Crippen molar-refractivity contribution < 1.29 is 13.2 Å². The molecule has 2 atom stereocenters. The Balaban J connectivity index is 2.55. The Morgan fingerprint density at radius 1 is 1.30 bits per heavy atom. The van der Waals surface area contributed by atoms with Crippen molar-refractivity contribution in [1.82, 2.24) is 5.32 Å². The summed E-state index contributed by atoms with van der Waals surface area (Å²) >= 11 is 0. The average molecular weight is 154 g/mol. The summed E-state index contributed by atoms with van der Waals surface area (Å²) in [6, 6.07) is -0.764. The highest BCUT2D eigenvalue weighted by Crippen LogP contribution is 2.29. The van der Waals surface area contributed by atoms with E-state index in [1.54, 1.807) is 0 Å². The number of halogens is 3. The topological polar surface area (TPSA) is 38.0 Å². The quantitative estimate of drug-likeness (QED) is 0.519. The van der Waals surface area contributed by atoms with Gasteiger partial charge >= 0.3 is 6.18 Å². The van der Waals surface area contributed by atoms with Crippen LogP contribution >= 0.6 is 0 Å². The van der Waals surface area contributed by atoms with Crippen molar-refractivity contribution >= 4 is 0 Å². The van der Waals surface area contributed by atoms with Gasteiger partial charge in [0, 0.05) is 19.1 Å². The molecule has 3 N–H and O–H groups in total. The third-order valence-electron chi connectivity index (χ3n) is 1.68. The largest absolute Gasteiger partial charge is 0.394 e. The second-order valence-electron chi connectivity index (χ2n) is 2.47. The Hall–Kier alpha value is -0.290. The van der Waals surface area contributed by atoms with Crippen LogP contribution in [0.3, 0.4) is 0 Å². The van der Waals surface area contributed by atoms with E-state index in [4.69, 9.17) is 5.73 Å². The zero-order valence-corrected chi connectivity index (χ0v) is 5.28. The van der Waals surface area contributed by atoms with Crippen LogP contribution in [0.2, 0.25) is 0 Å². The maximum atomic E-state index is 11.9. The zero-order chi connectivity index (χ0) is 7.78. The van der Waals surface area contributed by atoms with Crippen molar-refractivity contribution in [2.45, 2.75) is 12.2 Å². The van der Waals surface area contributed by atoms with Gasteiger partial charge in [-0.1, -0.05) is 0 Å². The van der Waals surface area contributed by atoms with Crippen molar-refractivity contribution in [2.75, 3.05) is 13.1 Å². The molecule has 0 saturated carbocycles. The van der Waals surface area contributed by atoms with Crippen molar-refractivity contribution in [1.29, 1.82) is 0 Å². The Labute approximate surface area is 56.6 Å². The van der Waals surface area contributed by atoms with Gasteiger partial charge in [-0.05, 0) is 0 Å². The van der Waals surface area contributed by atoms with E-state index in [-0.39, 0.29) is 13.1 Å². The molecule has 2 nitrogen and oxygen atoms in total. The summed E-state index contributed by atoms with van der Waals surface area (Å²) < 4.78 is 35.7. The van der Waals surface area contributed by atoms with Gasteiger partial charge in [0.2, 0.25) is 0 Å². The van der Waals surface area contributed by atoms with E-state index in [0.29, 0.717) is 0 Å². The first-order valence-electron chi connectivity index (χ1n) is 3.05. The number of hydrogen-bond acceptors (Lipinski definition) is 2. The molecule has 0 spiro atoms. The molecule has 60 valence electrons. The second kappa shape index (κ2) is 2.39. The van der Waals surface area contributed by atoms with Crippen molar-refractivity contribution in [3.05, 3.63) is 0 Å². The SMILES string of the molecule is N[C@@H]1CNC[C@@H]1C(F)(F)F. The van der Waals surface area contributed by atoms with E-state index in [9.17, 15) is 13.2 Å². The normalized spacial score (nSPS) is 34.8. The van der Waals surface area contributed by atoms with E-state index in [0.717, 1.165) is 0 Å². The number of hydrogen-bond donors (Lipinski definition) is 2. The third-order valence-corrected chi connectivity index (χ3v) is 1.68. The van der Waals surface area contributed by atoms with E-state index in [2.05, 4.69) is 5.32 Å². The Morgan fingerprint density at radius 2 is 1.90 bits per heavy atom. The van der Waals surface area contributed by atoms with Crippen LogP contribution in [0.1, 0.15) is 0 Å². The molecular weight excluding hydrogens is 145 g/mol. The van der Waals surface area contributed by atoms with Gasteiger partial charge < -0.3 is 11.1 Å². The molecular formula is C5H9F3N2. The first-order valence-corrected chi connectivity index (χ1v) is 3.05. The summed E-state index contributed by atoms with van der Waals surface area (Å²) in [6.07, 6.45) is -4.14. The number of nitrogens with two attached hydrogens (primary N) is 1. The van der Waals surface area contributed by atoms with Crippen molar-refractivity contribution in [2.24, 2.45) is 11.7 Å². The number of rotatable bonds is 0. The van der Waals surface area contributed by atoms with Gasteiger partial charge in [0.05, 0.1) is 5.92 Å². The van der Waals surface area contributed by atoms with Gasteiger partial charge in [0.15, 0.2) is 0 Å². The molecule has 0 unspecified atom stereocenters. The van der Waals surface area contributed by atoms with Crippen LogP contribution in [0.25, 0.3) is 0 Å². The molecule has 1 saturated heterocycles.